The van der Waals surface area contributed by atoms with Gasteiger partial charge in [0.05, 0.1) is 25.4 Å². The van der Waals surface area contributed by atoms with Gasteiger partial charge in [-0.2, -0.15) is 0 Å². The second-order valence-corrected chi connectivity index (χ2v) is 8.96. The van der Waals surface area contributed by atoms with Gasteiger partial charge in [0.25, 0.3) is 0 Å². The van der Waals surface area contributed by atoms with Crippen LogP contribution in [-0.2, 0) is 6.54 Å². The Labute approximate surface area is 196 Å². The average molecular weight is 465 g/mol. The van der Waals surface area contributed by atoms with E-state index in [1.54, 1.807) is 18.4 Å². The molecule has 7 nitrogen and oxygen atoms in total. The lowest BCUT2D eigenvalue weighted by atomic mass is 10.0. The number of para-hydroxylation sites is 2. The summed E-state index contributed by atoms with van der Waals surface area (Å²) in [6.45, 7) is 3.91. The average Bonchev–Trinajstić information content (AvgIpc) is 3.54. The van der Waals surface area contributed by atoms with E-state index in [0.29, 0.717) is 6.54 Å². The van der Waals surface area contributed by atoms with E-state index < -0.39 is 0 Å². The molecule has 5 rings (SSSR count). The van der Waals surface area contributed by atoms with Gasteiger partial charge in [0.1, 0.15) is 11.6 Å². The van der Waals surface area contributed by atoms with E-state index in [-0.39, 0.29) is 11.9 Å². The number of nitrogens with zero attached hydrogens (tertiary/aromatic N) is 6. The first kappa shape index (κ1) is 21.5. The van der Waals surface area contributed by atoms with Crippen LogP contribution in [0.15, 0.2) is 66.0 Å². The molecule has 0 amide bonds. The molecular weight excluding hydrogens is 439 g/mol. The smallest absolute Gasteiger partial charge is 0.173 e. The Morgan fingerprint density at radius 1 is 1.00 bits per heavy atom. The van der Waals surface area contributed by atoms with Gasteiger partial charge in [-0.3, -0.25) is 4.90 Å². The van der Waals surface area contributed by atoms with Gasteiger partial charge in [0.2, 0.25) is 0 Å². The maximum absolute atomic E-state index is 13.7. The van der Waals surface area contributed by atoms with Crippen molar-refractivity contribution in [3.63, 3.8) is 0 Å². The second kappa shape index (κ2) is 9.68. The van der Waals surface area contributed by atoms with E-state index in [2.05, 4.69) is 37.5 Å². The molecule has 1 fully saturated rings. The van der Waals surface area contributed by atoms with Crippen molar-refractivity contribution in [2.75, 3.05) is 38.2 Å². The maximum atomic E-state index is 13.7. The zero-order valence-corrected chi connectivity index (χ0v) is 19.2. The van der Waals surface area contributed by atoms with Gasteiger partial charge in [-0.25, -0.2) is 9.07 Å². The summed E-state index contributed by atoms with van der Waals surface area (Å²) in [6.07, 6.45) is 0. The van der Waals surface area contributed by atoms with Crippen molar-refractivity contribution >= 4 is 17.0 Å². The van der Waals surface area contributed by atoms with Crippen LogP contribution in [0, 0.1) is 5.82 Å². The topological polar surface area (TPSA) is 59.3 Å². The quantitative estimate of drug-likeness (QED) is 0.414. The van der Waals surface area contributed by atoms with E-state index >= 15 is 0 Å². The minimum atomic E-state index is -0.253. The third kappa shape index (κ3) is 4.60. The van der Waals surface area contributed by atoms with Gasteiger partial charge < -0.3 is 9.64 Å². The first-order chi connectivity index (χ1) is 16.2. The first-order valence-corrected chi connectivity index (χ1v) is 11.8. The normalized spacial score (nSPS) is 15.5. The Morgan fingerprint density at radius 3 is 2.52 bits per heavy atom. The Bertz CT molecular complexity index is 1170. The molecule has 170 valence electrons. The standard InChI is InChI=1S/C24H25FN6OS/c1-32-22-7-3-2-6-21(22)29-12-14-30(15-13-29)23(18-8-10-19(25)11-9-18)24-26-27-28-31(24)17-20-5-4-16-33-20/h2-11,16,23H,12-15,17H2,1H3/t23-/m0/s1. The second-order valence-electron chi connectivity index (χ2n) is 7.92. The molecule has 4 aromatic rings. The highest BCUT2D eigenvalue weighted by molar-refractivity contribution is 7.09. The molecule has 1 saturated heterocycles. The van der Waals surface area contributed by atoms with Gasteiger partial charge in [-0.15, -0.1) is 16.4 Å². The molecule has 9 heteroatoms. The monoisotopic (exact) mass is 464 g/mol. The maximum Gasteiger partial charge on any atom is 0.173 e. The van der Waals surface area contributed by atoms with E-state index in [1.165, 1.54) is 17.0 Å². The predicted octanol–water partition coefficient (Wildman–Crippen LogP) is 3.84. The number of thiophene rings is 1. The number of piperazine rings is 1. The molecular formula is C24H25FN6OS. The molecule has 0 aliphatic carbocycles. The summed E-state index contributed by atoms with van der Waals surface area (Å²) in [6, 6.07) is 18.7. The van der Waals surface area contributed by atoms with Gasteiger partial charge >= 0.3 is 0 Å². The van der Waals surface area contributed by atoms with E-state index in [1.807, 2.05) is 46.5 Å². The van der Waals surface area contributed by atoms with E-state index in [0.717, 1.165) is 49.0 Å². The molecule has 33 heavy (non-hydrogen) atoms. The lowest BCUT2D eigenvalue weighted by Crippen LogP contribution is -2.48. The summed E-state index contributed by atoms with van der Waals surface area (Å²) in [7, 11) is 1.70. The van der Waals surface area contributed by atoms with Crippen molar-refractivity contribution in [3.8, 4) is 5.75 Å². The largest absolute Gasteiger partial charge is 0.495 e. The predicted molar refractivity (Wildman–Crippen MR) is 126 cm³/mol. The van der Waals surface area contributed by atoms with Gasteiger partial charge in [0, 0.05) is 31.1 Å². The molecule has 1 atom stereocenters. The van der Waals surface area contributed by atoms with Gasteiger partial charge in [-0.1, -0.05) is 30.3 Å². The van der Waals surface area contributed by atoms with Crippen molar-refractivity contribution in [2.24, 2.45) is 0 Å². The molecule has 0 radical (unpaired) electrons. The highest BCUT2D eigenvalue weighted by atomic mass is 32.1. The molecule has 1 aliphatic rings. The summed E-state index contributed by atoms with van der Waals surface area (Å²) >= 11 is 1.68. The molecule has 0 spiro atoms. The number of benzene rings is 2. The van der Waals surface area contributed by atoms with Crippen LogP contribution >= 0.6 is 11.3 Å². The summed E-state index contributed by atoms with van der Waals surface area (Å²) < 4.78 is 21.1. The lowest BCUT2D eigenvalue weighted by molar-refractivity contribution is 0.201. The molecule has 1 aliphatic heterocycles. The zero-order chi connectivity index (χ0) is 22.6. The van der Waals surface area contributed by atoms with Crippen LogP contribution in [0.2, 0.25) is 0 Å². The van der Waals surface area contributed by atoms with Gasteiger partial charge in [-0.05, 0) is 51.7 Å². The van der Waals surface area contributed by atoms with Crippen molar-refractivity contribution < 1.29 is 9.13 Å². The van der Waals surface area contributed by atoms with Crippen LogP contribution < -0.4 is 9.64 Å². The van der Waals surface area contributed by atoms with Crippen LogP contribution in [0.25, 0.3) is 0 Å². The fraction of sp³-hybridized carbons (Fsp3) is 0.292. The summed E-state index contributed by atoms with van der Waals surface area (Å²) in [5.74, 6) is 1.39. The summed E-state index contributed by atoms with van der Waals surface area (Å²) in [4.78, 5) is 5.89. The third-order valence-corrected chi connectivity index (χ3v) is 6.84. The van der Waals surface area contributed by atoms with Crippen LogP contribution in [-0.4, -0.2) is 58.4 Å². The number of hydrogen-bond acceptors (Lipinski definition) is 7. The number of aromatic nitrogens is 4. The Balaban J connectivity index is 1.42. The number of methoxy groups -OCH3 is 1. The Kier molecular flexibility index (Phi) is 6.32. The van der Waals surface area contributed by atoms with Crippen molar-refractivity contribution in [1.82, 2.24) is 25.1 Å². The summed E-state index contributed by atoms with van der Waals surface area (Å²) in [5.41, 5.74) is 2.07. The van der Waals surface area contributed by atoms with E-state index in [9.17, 15) is 4.39 Å². The number of rotatable bonds is 7. The van der Waals surface area contributed by atoms with Crippen molar-refractivity contribution in [2.45, 2.75) is 12.6 Å². The third-order valence-electron chi connectivity index (χ3n) is 5.98. The molecule has 0 unspecified atom stereocenters. The van der Waals surface area contributed by atoms with Crippen LogP contribution in [0.5, 0.6) is 5.75 Å². The number of halogens is 1. The Hall–Kier alpha value is -3.30. The first-order valence-electron chi connectivity index (χ1n) is 10.9. The highest BCUT2D eigenvalue weighted by Crippen LogP contribution is 2.32. The number of hydrogen-bond donors (Lipinski definition) is 0. The number of ether oxygens (including phenoxy) is 1. The number of anilines is 1. The highest BCUT2D eigenvalue weighted by Gasteiger charge is 2.31. The van der Waals surface area contributed by atoms with Crippen LogP contribution in [0.1, 0.15) is 22.3 Å². The molecule has 2 aromatic carbocycles. The van der Waals surface area contributed by atoms with Crippen molar-refractivity contribution in [3.05, 3.63) is 88.1 Å². The minimum Gasteiger partial charge on any atom is -0.495 e. The van der Waals surface area contributed by atoms with Crippen LogP contribution in [0.3, 0.4) is 0 Å². The zero-order valence-electron chi connectivity index (χ0n) is 18.3. The molecule has 0 bridgehead atoms. The lowest BCUT2D eigenvalue weighted by Gasteiger charge is -2.40. The summed E-state index contributed by atoms with van der Waals surface area (Å²) in [5, 5.41) is 14.7. The molecule has 0 N–H and O–H groups in total. The molecule has 2 aromatic heterocycles. The van der Waals surface area contributed by atoms with Crippen molar-refractivity contribution in [1.29, 1.82) is 0 Å². The minimum absolute atomic E-state index is 0.166. The SMILES string of the molecule is COc1ccccc1N1CCN([C@@H](c2ccc(F)cc2)c2nnnn2Cc2cccs2)CC1. The van der Waals surface area contributed by atoms with Crippen LogP contribution in [0.4, 0.5) is 10.1 Å². The fourth-order valence-electron chi connectivity index (χ4n) is 4.35. The molecule has 3 heterocycles. The number of tetrazole rings is 1. The fourth-order valence-corrected chi connectivity index (χ4v) is 5.04. The molecule has 0 saturated carbocycles. The van der Waals surface area contributed by atoms with E-state index in [4.69, 9.17) is 4.74 Å². The van der Waals surface area contributed by atoms with Gasteiger partial charge in [0.15, 0.2) is 5.82 Å². The Morgan fingerprint density at radius 2 is 1.79 bits per heavy atom.